The second-order valence-corrected chi connectivity index (χ2v) is 8.12. The van der Waals surface area contributed by atoms with Crippen molar-refractivity contribution in [2.45, 2.75) is 50.2 Å². The smallest absolute Gasteiger partial charge is 0.161 e. The first-order chi connectivity index (χ1) is 13.8. The minimum Gasteiger partial charge on any atom is -0.381 e. The molecule has 6 heteroatoms. The lowest BCUT2D eigenvalue weighted by Gasteiger charge is -2.35. The van der Waals surface area contributed by atoms with E-state index in [9.17, 15) is 18.0 Å². The number of ketones is 1. The molecule has 1 saturated carbocycles. The number of rotatable bonds is 3. The van der Waals surface area contributed by atoms with E-state index in [4.69, 9.17) is 4.74 Å². The lowest BCUT2D eigenvalue weighted by Crippen LogP contribution is -2.49. The van der Waals surface area contributed by atoms with E-state index in [2.05, 4.69) is 5.32 Å². The molecule has 1 saturated heterocycles. The van der Waals surface area contributed by atoms with E-state index in [0.717, 1.165) is 25.0 Å². The molecular weight excluding hydrogens is 379 g/mol. The predicted molar refractivity (Wildman–Crippen MR) is 104 cm³/mol. The average Bonchev–Trinajstić information content (AvgIpc) is 3.02. The number of nitrogens with one attached hydrogen (secondary N) is 1. The van der Waals surface area contributed by atoms with Gasteiger partial charge in [-0.15, -0.1) is 0 Å². The Labute approximate surface area is 168 Å². The Morgan fingerprint density at radius 3 is 2.34 bits per heavy atom. The molecular formula is C23H24F3NO2. The molecule has 154 valence electrons. The van der Waals surface area contributed by atoms with E-state index in [1.165, 1.54) is 12.1 Å². The monoisotopic (exact) mass is 403 g/mol. The quantitative estimate of drug-likeness (QED) is 0.810. The predicted octanol–water partition coefficient (Wildman–Crippen LogP) is 4.66. The Kier molecular flexibility index (Phi) is 5.25. The molecule has 1 aliphatic heterocycles. The van der Waals surface area contributed by atoms with Crippen LogP contribution in [0, 0.1) is 24.4 Å². The van der Waals surface area contributed by atoms with Crippen molar-refractivity contribution in [3.63, 3.8) is 0 Å². The van der Waals surface area contributed by atoms with Crippen LogP contribution in [-0.4, -0.2) is 31.1 Å². The summed E-state index contributed by atoms with van der Waals surface area (Å²) >= 11 is 0. The van der Waals surface area contributed by atoms with Gasteiger partial charge in [-0.2, -0.15) is 0 Å². The number of hydrogen-bond donors (Lipinski definition) is 1. The van der Waals surface area contributed by atoms with Crippen LogP contribution in [-0.2, 0) is 9.53 Å². The molecule has 0 amide bonds. The van der Waals surface area contributed by atoms with Gasteiger partial charge >= 0.3 is 0 Å². The minimum atomic E-state index is -0.988. The van der Waals surface area contributed by atoms with Gasteiger partial charge in [-0.1, -0.05) is 6.07 Å². The summed E-state index contributed by atoms with van der Waals surface area (Å²) in [6.07, 6.45) is 3.19. The van der Waals surface area contributed by atoms with Crippen LogP contribution < -0.4 is 5.32 Å². The third-order valence-electron chi connectivity index (χ3n) is 6.57. The van der Waals surface area contributed by atoms with Gasteiger partial charge in [0.2, 0.25) is 0 Å². The molecule has 1 aliphatic carbocycles. The summed E-state index contributed by atoms with van der Waals surface area (Å²) in [6.45, 7) is 2.10. The van der Waals surface area contributed by atoms with Crippen LogP contribution in [0.2, 0.25) is 0 Å². The van der Waals surface area contributed by atoms with Crippen LogP contribution in [0.4, 0.5) is 13.2 Å². The highest BCUT2D eigenvalue weighted by Gasteiger charge is 2.49. The number of carbonyl (C=O) groups excluding carboxylic acids is 1. The topological polar surface area (TPSA) is 38.3 Å². The van der Waals surface area contributed by atoms with Crippen molar-refractivity contribution in [1.29, 1.82) is 0 Å². The molecule has 2 aliphatic rings. The fourth-order valence-corrected chi connectivity index (χ4v) is 4.71. The van der Waals surface area contributed by atoms with Gasteiger partial charge in [0.25, 0.3) is 0 Å². The van der Waals surface area contributed by atoms with E-state index >= 15 is 0 Å². The number of Topliss-reactive ketones (excluding diaryl/α,β-unsaturated/α-hetero) is 1. The third kappa shape index (κ3) is 3.49. The first-order valence-electron chi connectivity index (χ1n) is 9.92. The highest BCUT2D eigenvalue weighted by atomic mass is 19.2. The van der Waals surface area contributed by atoms with Gasteiger partial charge in [0.1, 0.15) is 5.82 Å². The van der Waals surface area contributed by atoms with Gasteiger partial charge in [0.15, 0.2) is 17.4 Å². The Hall–Kier alpha value is -2.18. The first kappa shape index (κ1) is 20.1. The van der Waals surface area contributed by atoms with Crippen molar-refractivity contribution >= 4 is 5.78 Å². The number of carbonyl (C=O) groups is 1. The Morgan fingerprint density at radius 1 is 1.00 bits per heavy atom. The lowest BCUT2D eigenvalue weighted by molar-refractivity contribution is -0.125. The van der Waals surface area contributed by atoms with Gasteiger partial charge in [-0.25, -0.2) is 13.2 Å². The van der Waals surface area contributed by atoms with Gasteiger partial charge in [0.05, 0.1) is 17.6 Å². The zero-order chi connectivity index (χ0) is 20.8. The first-order valence-corrected chi connectivity index (χ1v) is 9.92. The van der Waals surface area contributed by atoms with Gasteiger partial charge < -0.3 is 10.1 Å². The molecule has 4 rings (SSSR count). The molecule has 1 heterocycles. The van der Waals surface area contributed by atoms with E-state index in [0.29, 0.717) is 41.6 Å². The number of benzene rings is 2. The maximum atomic E-state index is 14.7. The molecule has 0 radical (unpaired) electrons. The van der Waals surface area contributed by atoms with Gasteiger partial charge in [-0.3, -0.25) is 4.79 Å². The molecule has 1 spiro atoms. The molecule has 2 fully saturated rings. The molecule has 2 aromatic rings. The van der Waals surface area contributed by atoms with Crippen LogP contribution >= 0.6 is 0 Å². The van der Waals surface area contributed by atoms with Crippen LogP contribution in [0.5, 0.6) is 0 Å². The minimum absolute atomic E-state index is 0.0805. The summed E-state index contributed by atoms with van der Waals surface area (Å²) in [4.78, 5) is 13.4. The molecule has 0 bridgehead atoms. The summed E-state index contributed by atoms with van der Waals surface area (Å²) in [5.74, 6) is -2.78. The van der Waals surface area contributed by atoms with Crippen molar-refractivity contribution in [2.75, 3.05) is 13.7 Å². The Bertz CT molecular complexity index is 951. The van der Waals surface area contributed by atoms with Crippen molar-refractivity contribution in [1.82, 2.24) is 5.32 Å². The zero-order valence-corrected chi connectivity index (χ0v) is 16.5. The van der Waals surface area contributed by atoms with E-state index in [1.807, 2.05) is 0 Å². The molecule has 1 unspecified atom stereocenters. The fraction of sp³-hybridized carbons (Fsp3) is 0.435. The number of halogens is 3. The van der Waals surface area contributed by atoms with E-state index < -0.39 is 28.9 Å². The van der Waals surface area contributed by atoms with Crippen LogP contribution in [0.25, 0.3) is 11.1 Å². The summed E-state index contributed by atoms with van der Waals surface area (Å²) in [5, 5.41) is 3.40. The second-order valence-electron chi connectivity index (χ2n) is 8.12. The van der Waals surface area contributed by atoms with Crippen LogP contribution in [0.3, 0.4) is 0 Å². The van der Waals surface area contributed by atoms with Crippen molar-refractivity contribution in [3.05, 3.63) is 58.9 Å². The Morgan fingerprint density at radius 2 is 1.69 bits per heavy atom. The van der Waals surface area contributed by atoms with Crippen molar-refractivity contribution in [2.24, 2.45) is 0 Å². The largest absolute Gasteiger partial charge is 0.381 e. The molecule has 0 aromatic heterocycles. The maximum Gasteiger partial charge on any atom is 0.161 e. The SMILES string of the molecule is COC1CCC2(CC1)NCC(c1cc(-c3ccc(F)c(F)c3)cc(F)c1C)C2=O. The summed E-state index contributed by atoms with van der Waals surface area (Å²) in [6, 6.07) is 6.51. The van der Waals surface area contributed by atoms with Gasteiger partial charge in [0, 0.05) is 13.7 Å². The fourth-order valence-electron chi connectivity index (χ4n) is 4.71. The molecule has 1 atom stereocenters. The van der Waals surface area contributed by atoms with Crippen molar-refractivity contribution < 1.29 is 22.7 Å². The van der Waals surface area contributed by atoms with E-state index in [-0.39, 0.29) is 11.9 Å². The summed E-state index contributed by atoms with van der Waals surface area (Å²) in [5.41, 5.74) is 1.24. The lowest BCUT2D eigenvalue weighted by atomic mass is 9.75. The number of ether oxygens (including phenoxy) is 1. The van der Waals surface area contributed by atoms with Gasteiger partial charge in [-0.05, 0) is 79.1 Å². The normalized spacial score (nSPS) is 27.0. The Balaban J connectivity index is 1.67. The molecule has 29 heavy (non-hydrogen) atoms. The number of hydrogen-bond acceptors (Lipinski definition) is 3. The van der Waals surface area contributed by atoms with Crippen LogP contribution in [0.1, 0.15) is 42.7 Å². The summed E-state index contributed by atoms with van der Waals surface area (Å²) in [7, 11) is 1.69. The summed E-state index contributed by atoms with van der Waals surface area (Å²) < 4.78 is 47.1. The highest BCUT2D eigenvalue weighted by molar-refractivity contribution is 5.97. The molecule has 1 N–H and O–H groups in total. The molecule has 3 nitrogen and oxygen atoms in total. The third-order valence-corrected chi connectivity index (χ3v) is 6.57. The number of methoxy groups -OCH3 is 1. The zero-order valence-electron chi connectivity index (χ0n) is 16.5. The average molecular weight is 403 g/mol. The van der Waals surface area contributed by atoms with E-state index in [1.54, 1.807) is 20.1 Å². The van der Waals surface area contributed by atoms with Crippen LogP contribution in [0.15, 0.2) is 30.3 Å². The van der Waals surface area contributed by atoms with Crippen molar-refractivity contribution in [3.8, 4) is 11.1 Å². The second kappa shape index (κ2) is 7.58. The maximum absolute atomic E-state index is 14.7. The molecule has 2 aromatic carbocycles. The highest BCUT2D eigenvalue weighted by Crippen LogP contribution is 2.41. The standard InChI is InChI=1S/C23H24F3NO2/c1-13-17(9-15(11-20(13)25)14-3-4-19(24)21(26)10-14)18-12-27-23(22(18)28)7-5-16(29-2)6-8-23/h3-4,9-11,16,18,27H,5-8,12H2,1-2H3.